The standard InChI is InChI=1S/C14H27N5O2S/c1-12(20)18-6-8-19(9-7-18)14(15-5-10-22-4)16-11-13(21)17(2)3/h5-11H2,1-4H3,(H,15,16). The normalized spacial score (nSPS) is 15.7. The number of thioether (sulfide) groups is 1. The summed E-state index contributed by atoms with van der Waals surface area (Å²) < 4.78 is 0. The minimum absolute atomic E-state index is 0.0217. The van der Waals surface area contributed by atoms with Crippen LogP contribution in [0.5, 0.6) is 0 Å². The maximum absolute atomic E-state index is 11.7. The van der Waals surface area contributed by atoms with Gasteiger partial charge in [0.2, 0.25) is 11.8 Å². The Morgan fingerprint density at radius 3 is 2.27 bits per heavy atom. The predicted octanol–water partition coefficient (Wildman–Crippen LogP) is -0.453. The molecule has 1 aliphatic heterocycles. The molecule has 0 aliphatic carbocycles. The van der Waals surface area contributed by atoms with Gasteiger partial charge in [0.15, 0.2) is 5.96 Å². The Labute approximate surface area is 137 Å². The van der Waals surface area contributed by atoms with E-state index in [0.29, 0.717) is 13.1 Å². The fourth-order valence-electron chi connectivity index (χ4n) is 2.05. The summed E-state index contributed by atoms with van der Waals surface area (Å²) in [6, 6.07) is 0. The number of likely N-dealkylation sites (N-methyl/N-ethyl adjacent to an activating group) is 1. The third-order valence-corrected chi connectivity index (χ3v) is 4.09. The summed E-state index contributed by atoms with van der Waals surface area (Å²) >= 11 is 1.76. The number of guanidine groups is 1. The largest absolute Gasteiger partial charge is 0.355 e. The first-order valence-electron chi connectivity index (χ1n) is 7.43. The molecule has 1 aliphatic rings. The number of nitrogens with zero attached hydrogens (tertiary/aromatic N) is 4. The van der Waals surface area contributed by atoms with Gasteiger partial charge in [-0.25, -0.2) is 4.99 Å². The fraction of sp³-hybridized carbons (Fsp3) is 0.786. The maximum Gasteiger partial charge on any atom is 0.243 e. The Balaban J connectivity index is 2.63. The second-order valence-electron chi connectivity index (χ2n) is 5.34. The number of nitrogens with one attached hydrogen (secondary N) is 1. The van der Waals surface area contributed by atoms with Crippen LogP contribution in [0.15, 0.2) is 4.99 Å². The molecule has 0 aromatic rings. The van der Waals surface area contributed by atoms with Crippen molar-refractivity contribution >= 4 is 29.5 Å². The van der Waals surface area contributed by atoms with E-state index < -0.39 is 0 Å². The predicted molar refractivity (Wildman–Crippen MR) is 91.2 cm³/mol. The van der Waals surface area contributed by atoms with Crippen molar-refractivity contribution in [2.75, 3.05) is 65.4 Å². The number of piperazine rings is 1. The van der Waals surface area contributed by atoms with Gasteiger partial charge in [-0.3, -0.25) is 9.59 Å². The van der Waals surface area contributed by atoms with Crippen LogP contribution in [0.2, 0.25) is 0 Å². The van der Waals surface area contributed by atoms with Gasteiger partial charge >= 0.3 is 0 Å². The van der Waals surface area contributed by atoms with Gasteiger partial charge < -0.3 is 20.0 Å². The van der Waals surface area contributed by atoms with Crippen molar-refractivity contribution in [3.8, 4) is 0 Å². The third-order valence-electron chi connectivity index (χ3n) is 3.48. The van der Waals surface area contributed by atoms with Crippen molar-refractivity contribution in [1.82, 2.24) is 20.0 Å². The molecule has 0 saturated carbocycles. The molecule has 126 valence electrons. The van der Waals surface area contributed by atoms with E-state index in [9.17, 15) is 9.59 Å². The number of hydrogen-bond acceptors (Lipinski definition) is 4. The van der Waals surface area contributed by atoms with E-state index in [0.717, 1.165) is 31.3 Å². The van der Waals surface area contributed by atoms with Gasteiger partial charge in [0.25, 0.3) is 0 Å². The van der Waals surface area contributed by atoms with Crippen molar-refractivity contribution in [3.63, 3.8) is 0 Å². The molecule has 1 rings (SSSR count). The smallest absolute Gasteiger partial charge is 0.243 e. The van der Waals surface area contributed by atoms with Gasteiger partial charge in [-0.05, 0) is 6.26 Å². The molecular formula is C14H27N5O2S. The molecule has 1 heterocycles. The molecular weight excluding hydrogens is 302 g/mol. The van der Waals surface area contributed by atoms with Gasteiger partial charge in [-0.1, -0.05) is 0 Å². The van der Waals surface area contributed by atoms with Crippen LogP contribution in [-0.4, -0.2) is 97.8 Å². The molecule has 0 aromatic heterocycles. The highest BCUT2D eigenvalue weighted by Crippen LogP contribution is 2.03. The molecule has 1 fully saturated rings. The van der Waals surface area contributed by atoms with Crippen LogP contribution in [0.25, 0.3) is 0 Å². The Morgan fingerprint density at radius 1 is 1.18 bits per heavy atom. The minimum Gasteiger partial charge on any atom is -0.355 e. The highest BCUT2D eigenvalue weighted by atomic mass is 32.2. The molecule has 0 unspecified atom stereocenters. The lowest BCUT2D eigenvalue weighted by atomic mass is 10.3. The zero-order valence-electron chi connectivity index (χ0n) is 14.0. The molecule has 1 N–H and O–H groups in total. The van der Waals surface area contributed by atoms with Crippen LogP contribution in [0.4, 0.5) is 0 Å². The summed E-state index contributed by atoms with van der Waals surface area (Å²) in [6.07, 6.45) is 2.06. The first-order chi connectivity index (χ1) is 10.5. The van der Waals surface area contributed by atoms with E-state index in [4.69, 9.17) is 0 Å². The van der Waals surface area contributed by atoms with Crippen LogP contribution in [-0.2, 0) is 9.59 Å². The molecule has 7 nitrogen and oxygen atoms in total. The summed E-state index contributed by atoms with van der Waals surface area (Å²) in [7, 11) is 3.45. The highest BCUT2D eigenvalue weighted by molar-refractivity contribution is 7.98. The molecule has 1 saturated heterocycles. The van der Waals surface area contributed by atoms with Gasteiger partial charge in [-0.15, -0.1) is 0 Å². The Kier molecular flexibility index (Phi) is 8.08. The summed E-state index contributed by atoms with van der Waals surface area (Å²) in [5.74, 6) is 1.82. The maximum atomic E-state index is 11.7. The van der Waals surface area contributed by atoms with Crippen molar-refractivity contribution in [2.45, 2.75) is 6.92 Å². The number of amides is 2. The number of carbonyl (C=O) groups is 2. The molecule has 0 radical (unpaired) electrons. The van der Waals surface area contributed by atoms with E-state index in [1.807, 2.05) is 4.90 Å². The average molecular weight is 329 g/mol. The average Bonchev–Trinajstić information content (AvgIpc) is 2.50. The molecule has 0 spiro atoms. The topological polar surface area (TPSA) is 68.2 Å². The van der Waals surface area contributed by atoms with E-state index in [1.165, 1.54) is 4.90 Å². The van der Waals surface area contributed by atoms with E-state index in [2.05, 4.69) is 21.5 Å². The zero-order chi connectivity index (χ0) is 16.5. The quantitative estimate of drug-likeness (QED) is 0.420. The Bertz CT molecular complexity index is 406. The molecule has 0 atom stereocenters. The Morgan fingerprint density at radius 2 is 1.77 bits per heavy atom. The molecule has 22 heavy (non-hydrogen) atoms. The van der Waals surface area contributed by atoms with Gasteiger partial charge in [-0.2, -0.15) is 11.8 Å². The van der Waals surface area contributed by atoms with Gasteiger partial charge in [0, 0.05) is 59.5 Å². The molecule has 0 aromatic carbocycles. The first kappa shape index (κ1) is 18.6. The van der Waals surface area contributed by atoms with Gasteiger partial charge in [0.1, 0.15) is 6.54 Å². The number of rotatable bonds is 5. The molecule has 0 bridgehead atoms. The monoisotopic (exact) mass is 329 g/mol. The van der Waals surface area contributed by atoms with Crippen LogP contribution in [0.3, 0.4) is 0 Å². The van der Waals surface area contributed by atoms with E-state index in [-0.39, 0.29) is 18.4 Å². The summed E-state index contributed by atoms with van der Waals surface area (Å²) in [5, 5.41) is 3.31. The third kappa shape index (κ3) is 6.13. The van der Waals surface area contributed by atoms with Crippen LogP contribution in [0.1, 0.15) is 6.92 Å². The van der Waals surface area contributed by atoms with Crippen molar-refractivity contribution in [1.29, 1.82) is 0 Å². The van der Waals surface area contributed by atoms with Crippen molar-refractivity contribution in [2.24, 2.45) is 4.99 Å². The first-order valence-corrected chi connectivity index (χ1v) is 8.83. The number of aliphatic imine (C=N–C) groups is 1. The van der Waals surface area contributed by atoms with Crippen molar-refractivity contribution < 1.29 is 9.59 Å². The lowest BCUT2D eigenvalue weighted by Gasteiger charge is -2.36. The minimum atomic E-state index is -0.0217. The zero-order valence-corrected chi connectivity index (χ0v) is 14.8. The van der Waals surface area contributed by atoms with E-state index >= 15 is 0 Å². The summed E-state index contributed by atoms with van der Waals surface area (Å²) in [6.45, 7) is 5.41. The number of carbonyl (C=O) groups excluding carboxylic acids is 2. The van der Waals surface area contributed by atoms with Crippen LogP contribution < -0.4 is 5.32 Å². The molecule has 8 heteroatoms. The Hall–Kier alpha value is -1.44. The second-order valence-corrected chi connectivity index (χ2v) is 6.33. The summed E-state index contributed by atoms with van der Waals surface area (Å²) in [5.41, 5.74) is 0. The van der Waals surface area contributed by atoms with E-state index in [1.54, 1.807) is 32.8 Å². The van der Waals surface area contributed by atoms with Crippen LogP contribution >= 0.6 is 11.8 Å². The van der Waals surface area contributed by atoms with Gasteiger partial charge in [0.05, 0.1) is 0 Å². The number of hydrogen-bond donors (Lipinski definition) is 1. The fourth-order valence-corrected chi connectivity index (χ4v) is 2.36. The summed E-state index contributed by atoms with van der Waals surface area (Å²) in [4.78, 5) is 33.0. The van der Waals surface area contributed by atoms with Crippen LogP contribution in [0, 0.1) is 0 Å². The SMILES string of the molecule is CSCCNC(=NCC(=O)N(C)C)N1CCN(C(C)=O)CC1. The lowest BCUT2D eigenvalue weighted by Crippen LogP contribution is -2.53. The molecule has 2 amide bonds. The highest BCUT2D eigenvalue weighted by Gasteiger charge is 2.21. The lowest BCUT2D eigenvalue weighted by molar-refractivity contribution is -0.130. The second kappa shape index (κ2) is 9.55. The van der Waals surface area contributed by atoms with Crippen molar-refractivity contribution in [3.05, 3.63) is 0 Å².